The molecule has 2 N–H and O–H groups in total. The average Bonchev–Trinajstić information content (AvgIpc) is 2.94. The molecule has 0 fully saturated rings. The molecule has 0 amide bonds. The summed E-state index contributed by atoms with van der Waals surface area (Å²) in [6.07, 6.45) is 1.52. The van der Waals surface area contributed by atoms with E-state index in [2.05, 4.69) is 4.98 Å². The van der Waals surface area contributed by atoms with Gasteiger partial charge in [-0.15, -0.1) is 23.2 Å². The van der Waals surface area contributed by atoms with Crippen molar-refractivity contribution in [2.24, 2.45) is 0 Å². The summed E-state index contributed by atoms with van der Waals surface area (Å²) >= 11 is 11.3. The van der Waals surface area contributed by atoms with Gasteiger partial charge in [0.2, 0.25) is 0 Å². The molecule has 8 nitrogen and oxygen atoms in total. The second-order valence-electron chi connectivity index (χ2n) is 5.37. The van der Waals surface area contributed by atoms with E-state index in [9.17, 15) is 16.8 Å². The summed E-state index contributed by atoms with van der Waals surface area (Å²) in [4.78, 5) is 4.00. The Bertz CT molecular complexity index is 880. The van der Waals surface area contributed by atoms with E-state index in [1.165, 1.54) is 6.39 Å². The first-order valence-corrected chi connectivity index (χ1v) is 10.9. The van der Waals surface area contributed by atoms with E-state index >= 15 is 0 Å². The molecular weight excluding hydrogens is 417 g/mol. The molecule has 0 bridgehead atoms. The van der Waals surface area contributed by atoms with Crippen LogP contribution >= 0.6 is 23.2 Å². The van der Waals surface area contributed by atoms with Crippen LogP contribution in [0.25, 0.3) is 11.1 Å². The summed E-state index contributed by atoms with van der Waals surface area (Å²) in [5.41, 5.74) is 2.32. The fraction of sp³-hybridized carbons (Fsp3) is 0.462. The van der Waals surface area contributed by atoms with Crippen LogP contribution in [0.5, 0.6) is 0 Å². The second kappa shape index (κ2) is 7.77. The van der Waals surface area contributed by atoms with E-state index in [1.807, 2.05) is 0 Å². The van der Waals surface area contributed by atoms with E-state index in [0.717, 1.165) is 0 Å². The zero-order valence-electron chi connectivity index (χ0n) is 12.7. The second-order valence-corrected chi connectivity index (χ2v) is 10.1. The number of alkyl halides is 2. The molecule has 2 atom stereocenters. The first-order valence-electron chi connectivity index (χ1n) is 7.04. The third-order valence-corrected chi connectivity index (χ3v) is 7.13. The molecule has 1 aromatic carbocycles. The number of halogens is 2. The van der Waals surface area contributed by atoms with Crippen molar-refractivity contribution in [1.82, 2.24) is 4.98 Å². The third-order valence-electron chi connectivity index (χ3n) is 3.58. The Hall–Kier alpha value is -0.910. The zero-order chi connectivity index (χ0) is 18.8. The van der Waals surface area contributed by atoms with Gasteiger partial charge in [-0.05, 0) is 48.9 Å². The molecule has 0 aliphatic carbocycles. The van der Waals surface area contributed by atoms with Gasteiger partial charge in [0, 0.05) is 0 Å². The van der Waals surface area contributed by atoms with Crippen molar-refractivity contribution in [3.05, 3.63) is 29.7 Å². The van der Waals surface area contributed by atoms with Crippen LogP contribution in [0.4, 0.5) is 0 Å². The van der Waals surface area contributed by atoms with E-state index in [-0.39, 0.29) is 25.7 Å². The van der Waals surface area contributed by atoms with Crippen molar-refractivity contribution in [3.8, 4) is 0 Å². The van der Waals surface area contributed by atoms with Gasteiger partial charge in [0.25, 0.3) is 20.2 Å². The molecule has 0 spiro atoms. The summed E-state index contributed by atoms with van der Waals surface area (Å²) in [6.45, 7) is 0. The Kier molecular flexibility index (Phi) is 6.34. The Morgan fingerprint density at radius 3 is 1.92 bits per heavy atom. The number of rotatable bonds is 8. The van der Waals surface area contributed by atoms with Crippen LogP contribution in [0.2, 0.25) is 0 Å². The lowest BCUT2D eigenvalue weighted by atomic mass is 9.99. The van der Waals surface area contributed by atoms with E-state index < -0.39 is 29.7 Å². The molecule has 0 aliphatic rings. The molecule has 0 radical (unpaired) electrons. The van der Waals surface area contributed by atoms with Crippen molar-refractivity contribution >= 4 is 54.5 Å². The van der Waals surface area contributed by atoms with Gasteiger partial charge in [0.1, 0.15) is 5.52 Å². The maximum Gasteiger partial charge on any atom is 0.281 e. The number of benzene rings is 1. The predicted molar refractivity (Wildman–Crippen MR) is 93.0 cm³/mol. The van der Waals surface area contributed by atoms with Gasteiger partial charge in [0.05, 0.1) is 0 Å². The lowest BCUT2D eigenvalue weighted by molar-refractivity contribution is 0.473. The zero-order valence-corrected chi connectivity index (χ0v) is 15.8. The van der Waals surface area contributed by atoms with Crippen molar-refractivity contribution in [3.63, 3.8) is 0 Å². The van der Waals surface area contributed by atoms with E-state index in [4.69, 9.17) is 36.7 Å². The van der Waals surface area contributed by atoms with Gasteiger partial charge in [-0.2, -0.15) is 16.8 Å². The van der Waals surface area contributed by atoms with Crippen molar-refractivity contribution in [2.75, 3.05) is 0 Å². The van der Waals surface area contributed by atoms with Gasteiger partial charge in [-0.3, -0.25) is 9.11 Å². The molecule has 2 rings (SSSR count). The minimum absolute atomic E-state index is 0.0562. The monoisotopic (exact) mass is 431 g/mol. The van der Waals surface area contributed by atoms with Gasteiger partial charge < -0.3 is 4.42 Å². The molecule has 1 heterocycles. The quantitative estimate of drug-likeness (QED) is 0.480. The normalized spacial score (nSPS) is 15.4. The summed E-state index contributed by atoms with van der Waals surface area (Å²) in [6, 6.07) is 3.31. The van der Waals surface area contributed by atoms with Gasteiger partial charge in [0.15, 0.2) is 21.4 Å². The topological polar surface area (TPSA) is 135 Å². The van der Waals surface area contributed by atoms with Crippen LogP contribution in [0.15, 0.2) is 22.9 Å². The maximum atomic E-state index is 11.0. The molecule has 12 heteroatoms. The van der Waals surface area contributed by atoms with Crippen LogP contribution in [0, 0.1) is 0 Å². The lowest BCUT2D eigenvalue weighted by Crippen LogP contribution is -2.16. The number of nitrogens with zero attached hydrogens (tertiary/aromatic N) is 1. The predicted octanol–water partition coefficient (Wildman–Crippen LogP) is 2.60. The standard InChI is InChI=1S/C13H15Cl2NO7S2/c14-12(24(17,18)19)3-1-8-5-10-11(23-7-16-10)6-9(8)2-4-13(15)25(20,21)22/h5-7,12-13H,1-4H2,(H,17,18,19)(H,20,21,22). The van der Waals surface area contributed by atoms with Gasteiger partial charge in [-0.1, -0.05) is 0 Å². The highest BCUT2D eigenvalue weighted by atomic mass is 35.5. The molecule has 0 saturated carbocycles. The molecule has 0 aliphatic heterocycles. The maximum absolute atomic E-state index is 11.0. The lowest BCUT2D eigenvalue weighted by Gasteiger charge is -2.12. The number of fused-ring (bicyclic) bond motifs is 1. The highest BCUT2D eigenvalue weighted by Gasteiger charge is 2.22. The van der Waals surface area contributed by atoms with Gasteiger partial charge in [-0.25, -0.2) is 4.98 Å². The smallest absolute Gasteiger partial charge is 0.281 e. The van der Waals surface area contributed by atoms with E-state index in [0.29, 0.717) is 22.2 Å². The van der Waals surface area contributed by atoms with Gasteiger partial charge >= 0.3 is 0 Å². The Balaban J connectivity index is 2.24. The third kappa shape index (κ3) is 5.53. The molecule has 25 heavy (non-hydrogen) atoms. The average molecular weight is 432 g/mol. The van der Waals surface area contributed by atoms with Crippen LogP contribution in [-0.4, -0.2) is 40.3 Å². The number of oxazole rings is 1. The summed E-state index contributed by atoms with van der Waals surface area (Å²) in [7, 11) is -8.73. The van der Waals surface area contributed by atoms with Crippen molar-refractivity contribution < 1.29 is 30.4 Å². The number of aromatic nitrogens is 1. The highest BCUT2D eigenvalue weighted by molar-refractivity contribution is 7.88. The molecule has 1 aromatic heterocycles. The molecule has 140 valence electrons. The molecule has 2 aromatic rings. The van der Waals surface area contributed by atoms with E-state index in [1.54, 1.807) is 12.1 Å². The molecular formula is C13H15Cl2NO7S2. The molecule has 0 saturated heterocycles. The first-order chi connectivity index (χ1) is 11.5. The minimum Gasteiger partial charge on any atom is -0.443 e. The van der Waals surface area contributed by atoms with Crippen molar-refractivity contribution in [1.29, 1.82) is 0 Å². The SMILES string of the molecule is O=S(=O)(O)C(Cl)CCc1cc2ncoc2cc1CCC(Cl)S(=O)(=O)O. The Morgan fingerprint density at radius 1 is 0.960 bits per heavy atom. The number of hydrogen-bond donors (Lipinski definition) is 2. The Morgan fingerprint density at radius 2 is 1.44 bits per heavy atom. The van der Waals surface area contributed by atoms with Crippen LogP contribution in [0.3, 0.4) is 0 Å². The summed E-state index contributed by atoms with van der Waals surface area (Å²) in [5, 5.41) is 0. The summed E-state index contributed by atoms with van der Waals surface area (Å²) < 4.78 is 64.2. The largest absolute Gasteiger partial charge is 0.443 e. The molecule has 2 unspecified atom stereocenters. The summed E-state index contributed by atoms with van der Waals surface area (Å²) in [5.74, 6) is 0. The number of hydrogen-bond acceptors (Lipinski definition) is 6. The van der Waals surface area contributed by atoms with Crippen LogP contribution in [-0.2, 0) is 33.1 Å². The highest BCUT2D eigenvalue weighted by Crippen LogP contribution is 2.25. The Labute approximate surface area is 154 Å². The first kappa shape index (κ1) is 20.4. The minimum atomic E-state index is -4.37. The fourth-order valence-electron chi connectivity index (χ4n) is 2.29. The van der Waals surface area contributed by atoms with Crippen LogP contribution in [0.1, 0.15) is 24.0 Å². The van der Waals surface area contributed by atoms with Crippen LogP contribution < -0.4 is 0 Å². The number of aryl methyl sites for hydroxylation is 2. The van der Waals surface area contributed by atoms with Crippen molar-refractivity contribution in [2.45, 2.75) is 35.1 Å². The fourth-order valence-corrected chi connectivity index (χ4v) is 3.34.